The molecule has 2 amide bonds. The van der Waals surface area contributed by atoms with Crippen LogP contribution in [0.5, 0.6) is 5.75 Å². The first-order chi connectivity index (χ1) is 19.1. The molecule has 10 heteroatoms. The van der Waals surface area contributed by atoms with E-state index in [0.717, 1.165) is 28.0 Å². The van der Waals surface area contributed by atoms with Crippen molar-refractivity contribution in [1.29, 1.82) is 0 Å². The highest BCUT2D eigenvalue weighted by Gasteiger charge is 2.55. The highest BCUT2D eigenvalue weighted by molar-refractivity contribution is 6.58. The zero-order valence-electron chi connectivity index (χ0n) is 22.6. The van der Waals surface area contributed by atoms with E-state index in [0.29, 0.717) is 36.3 Å². The quantitative estimate of drug-likeness (QED) is 0.169. The molecule has 40 heavy (non-hydrogen) atoms. The van der Waals surface area contributed by atoms with E-state index < -0.39 is 36.9 Å². The van der Waals surface area contributed by atoms with Gasteiger partial charge in [0.2, 0.25) is 11.8 Å². The molecule has 1 aliphatic carbocycles. The molecule has 1 saturated heterocycles. The Morgan fingerprint density at radius 2 is 1.90 bits per heavy atom. The van der Waals surface area contributed by atoms with Crippen LogP contribution in [0, 0.1) is 17.8 Å². The predicted octanol–water partition coefficient (Wildman–Crippen LogP) is 3.18. The molecule has 212 valence electrons. The second-order valence-corrected chi connectivity index (χ2v) is 10.8. The third-order valence-electron chi connectivity index (χ3n) is 8.13. The molecule has 8 nitrogen and oxygen atoms in total. The van der Waals surface area contributed by atoms with Crippen molar-refractivity contribution in [2.45, 2.75) is 52.1 Å². The third kappa shape index (κ3) is 5.89. The van der Waals surface area contributed by atoms with Crippen molar-refractivity contribution in [3.63, 3.8) is 0 Å². The number of anilines is 1. The van der Waals surface area contributed by atoms with Crippen LogP contribution in [0.4, 0.5) is 5.69 Å². The Balaban J connectivity index is 1.59. The van der Waals surface area contributed by atoms with Crippen molar-refractivity contribution in [2.75, 3.05) is 11.5 Å². The number of hydrogen-bond acceptors (Lipinski definition) is 7. The molecule has 0 spiro atoms. The lowest BCUT2D eigenvalue weighted by Gasteiger charge is -2.36. The van der Waals surface area contributed by atoms with Gasteiger partial charge in [-0.15, -0.1) is 0 Å². The van der Waals surface area contributed by atoms with Gasteiger partial charge in [0.25, 0.3) is 0 Å². The van der Waals surface area contributed by atoms with E-state index in [-0.39, 0.29) is 29.4 Å². The van der Waals surface area contributed by atoms with E-state index >= 15 is 0 Å². The summed E-state index contributed by atoms with van der Waals surface area (Å²) in [5.41, 5.74) is 3.72. The monoisotopic (exact) mass is 567 g/mol. The van der Waals surface area contributed by atoms with Crippen molar-refractivity contribution in [1.82, 2.24) is 0 Å². The Bertz CT molecular complexity index is 1340. The van der Waals surface area contributed by atoms with E-state index in [2.05, 4.69) is 0 Å². The molecule has 4 atom stereocenters. The summed E-state index contributed by atoms with van der Waals surface area (Å²) in [4.78, 5) is 28.2. The number of rotatable bonds is 10. The van der Waals surface area contributed by atoms with Gasteiger partial charge < -0.3 is 25.4 Å². The highest BCUT2D eigenvalue weighted by atomic mass is 35.5. The van der Waals surface area contributed by atoms with Gasteiger partial charge in [0.05, 0.1) is 35.3 Å². The zero-order valence-corrected chi connectivity index (χ0v) is 23.4. The fraction of sp³-hybridized carbons (Fsp3) is 0.400. The number of allylic oxidation sites excluding steroid dienone is 2. The van der Waals surface area contributed by atoms with Crippen molar-refractivity contribution in [3.05, 3.63) is 69.8 Å². The van der Waals surface area contributed by atoms with Crippen molar-refractivity contribution in [2.24, 2.45) is 17.8 Å². The predicted molar refractivity (Wildman–Crippen MR) is 155 cm³/mol. The number of phenolic OH excluding ortho intramolecular Hbond substituents is 1. The second kappa shape index (κ2) is 12.7. The fourth-order valence-electron chi connectivity index (χ4n) is 6.06. The summed E-state index contributed by atoms with van der Waals surface area (Å²) >= 11 is 6.27. The molecule has 0 unspecified atom stereocenters. The summed E-state index contributed by atoms with van der Waals surface area (Å²) < 4.78 is 0. The van der Waals surface area contributed by atoms with Gasteiger partial charge in [0, 0.05) is 5.92 Å². The number of hydrogen-bond donors (Lipinski definition) is 5. The van der Waals surface area contributed by atoms with Gasteiger partial charge in [0.1, 0.15) is 5.75 Å². The lowest BCUT2D eigenvalue weighted by atomic mass is 9.67. The standard InChI is InChI=1S/C30H35BClNO7/c1-3-17(12-19-9-10-22(35)15-25(19)32)8-11-26(36)27-18(4-2)13-23-28(24(27)16-34)30(38)33(29(23)37)21-7-5-6-20(14-21)31(39)40/h5-7,9-10,12,14-15,23-24,26,28,34-36,39-40H,3-4,8,11,13,16H2,1-2H3/b17-12+/t23-,24+,26-,28-/m1/s1. The molecule has 0 saturated carbocycles. The lowest BCUT2D eigenvalue weighted by Crippen LogP contribution is -2.39. The summed E-state index contributed by atoms with van der Waals surface area (Å²) in [6, 6.07) is 10.8. The van der Waals surface area contributed by atoms with Crippen molar-refractivity contribution in [3.8, 4) is 5.75 Å². The molecule has 4 rings (SSSR count). The molecule has 2 aromatic rings. The van der Waals surface area contributed by atoms with E-state index in [1.807, 2.05) is 19.9 Å². The average Bonchev–Trinajstić information content (AvgIpc) is 3.19. The van der Waals surface area contributed by atoms with E-state index in [9.17, 15) is 35.0 Å². The average molecular weight is 568 g/mol. The molecule has 5 N–H and O–H groups in total. The topological polar surface area (TPSA) is 139 Å². The Morgan fingerprint density at radius 3 is 2.52 bits per heavy atom. The maximum Gasteiger partial charge on any atom is 0.488 e. The zero-order chi connectivity index (χ0) is 29.1. The molecule has 0 radical (unpaired) electrons. The maximum absolute atomic E-state index is 13.7. The molecule has 2 aromatic carbocycles. The molecule has 0 bridgehead atoms. The van der Waals surface area contributed by atoms with Crippen LogP contribution in [0.25, 0.3) is 6.08 Å². The number of benzene rings is 2. The second-order valence-electron chi connectivity index (χ2n) is 10.4. The number of fused-ring (bicyclic) bond motifs is 1. The largest absolute Gasteiger partial charge is 0.508 e. The van der Waals surface area contributed by atoms with Crippen LogP contribution in [-0.4, -0.2) is 57.0 Å². The highest BCUT2D eigenvalue weighted by Crippen LogP contribution is 2.48. The first kappa shape index (κ1) is 30.0. The maximum atomic E-state index is 13.7. The Morgan fingerprint density at radius 1 is 1.15 bits per heavy atom. The molecular weight excluding hydrogens is 533 g/mol. The van der Waals surface area contributed by atoms with Gasteiger partial charge in [-0.25, -0.2) is 0 Å². The van der Waals surface area contributed by atoms with Gasteiger partial charge in [-0.05, 0) is 79.0 Å². The third-order valence-corrected chi connectivity index (χ3v) is 8.46. The van der Waals surface area contributed by atoms with E-state index in [1.165, 1.54) is 18.2 Å². The number of nitrogens with zero attached hydrogens (tertiary/aromatic N) is 1. The number of halogens is 1. The first-order valence-corrected chi connectivity index (χ1v) is 14.0. The van der Waals surface area contributed by atoms with Gasteiger partial charge in [-0.2, -0.15) is 0 Å². The first-order valence-electron chi connectivity index (χ1n) is 13.6. The van der Waals surface area contributed by atoms with Gasteiger partial charge in [-0.1, -0.05) is 54.8 Å². The number of phenols is 1. The number of amides is 2. The minimum atomic E-state index is -1.75. The summed E-state index contributed by atoms with van der Waals surface area (Å²) in [7, 11) is -1.75. The Labute approximate surface area is 239 Å². The van der Waals surface area contributed by atoms with E-state index in [4.69, 9.17) is 11.6 Å². The molecule has 0 aromatic heterocycles. The summed E-state index contributed by atoms with van der Waals surface area (Å²) in [5, 5.41) is 51.1. The SMILES string of the molecule is CCC1=C([C@H](O)CC/C(=C/c2ccc(O)cc2Cl)CC)[C@H](CO)[C@@H]2C(=O)N(c3cccc(B(O)O)c3)C(=O)[C@@H]2C1. The van der Waals surface area contributed by atoms with Crippen LogP contribution in [0.2, 0.25) is 5.02 Å². The number of aromatic hydroxyl groups is 1. The molecular formula is C30H35BClNO7. The van der Waals surface area contributed by atoms with Crippen molar-refractivity contribution < 1.29 is 35.0 Å². The van der Waals surface area contributed by atoms with Crippen LogP contribution in [-0.2, 0) is 9.59 Å². The van der Waals surface area contributed by atoms with Crippen LogP contribution < -0.4 is 10.4 Å². The fourth-order valence-corrected chi connectivity index (χ4v) is 6.29. The lowest BCUT2D eigenvalue weighted by molar-refractivity contribution is -0.123. The Kier molecular flexibility index (Phi) is 9.54. The number of carbonyl (C=O) groups is 2. The molecule has 1 aliphatic heterocycles. The molecule has 1 fully saturated rings. The number of imide groups is 1. The van der Waals surface area contributed by atoms with Crippen LogP contribution in [0.1, 0.15) is 51.5 Å². The summed E-state index contributed by atoms with van der Waals surface area (Å²) in [6.07, 6.45) is 3.55. The smallest absolute Gasteiger partial charge is 0.488 e. The normalized spacial score (nSPS) is 22.1. The van der Waals surface area contributed by atoms with Crippen LogP contribution in [0.15, 0.2) is 59.2 Å². The molecule has 1 heterocycles. The van der Waals surface area contributed by atoms with E-state index in [1.54, 1.807) is 24.3 Å². The number of aliphatic hydroxyl groups excluding tert-OH is 2. The minimum absolute atomic E-state index is 0.0810. The van der Waals surface area contributed by atoms with Gasteiger partial charge in [-0.3, -0.25) is 14.5 Å². The number of carbonyl (C=O) groups excluding carboxylic acids is 2. The summed E-state index contributed by atoms with van der Waals surface area (Å²) in [5.74, 6) is -2.97. The molecule has 2 aliphatic rings. The Hall–Kier alpha value is -2.95. The van der Waals surface area contributed by atoms with Crippen LogP contribution in [0.3, 0.4) is 0 Å². The number of aliphatic hydroxyl groups is 2. The van der Waals surface area contributed by atoms with Crippen molar-refractivity contribution >= 4 is 47.8 Å². The minimum Gasteiger partial charge on any atom is -0.508 e. The van der Waals surface area contributed by atoms with Gasteiger partial charge in [0.15, 0.2) is 0 Å². The summed E-state index contributed by atoms with van der Waals surface area (Å²) in [6.45, 7) is 3.55. The van der Waals surface area contributed by atoms with Gasteiger partial charge >= 0.3 is 7.12 Å². The van der Waals surface area contributed by atoms with Crippen LogP contribution >= 0.6 is 11.6 Å².